The van der Waals surface area contributed by atoms with Gasteiger partial charge in [0.1, 0.15) is 6.33 Å². The van der Waals surface area contributed by atoms with Gasteiger partial charge in [-0.2, -0.15) is 0 Å². The standard InChI is InChI=1S/C8H11FN2O/c1-6(2)7-3-8(12-4-9)11-5-10-7/h3,5-6H,4H2,1-2H3. The molecule has 0 spiro atoms. The molecule has 0 N–H and O–H groups in total. The largest absolute Gasteiger partial charge is 0.446 e. The Balaban J connectivity index is 2.81. The Morgan fingerprint density at radius 3 is 2.83 bits per heavy atom. The van der Waals surface area contributed by atoms with Gasteiger partial charge in [-0.25, -0.2) is 14.4 Å². The molecule has 0 aromatic carbocycles. The van der Waals surface area contributed by atoms with Crippen LogP contribution in [0, 0.1) is 0 Å². The van der Waals surface area contributed by atoms with Crippen molar-refractivity contribution in [3.63, 3.8) is 0 Å². The van der Waals surface area contributed by atoms with E-state index >= 15 is 0 Å². The van der Waals surface area contributed by atoms with Crippen molar-refractivity contribution in [2.75, 3.05) is 6.86 Å². The minimum Gasteiger partial charge on any atom is -0.446 e. The van der Waals surface area contributed by atoms with Gasteiger partial charge in [0.25, 0.3) is 0 Å². The van der Waals surface area contributed by atoms with Crippen molar-refractivity contribution in [1.82, 2.24) is 9.97 Å². The van der Waals surface area contributed by atoms with E-state index in [4.69, 9.17) is 0 Å². The maximum absolute atomic E-state index is 11.7. The number of rotatable bonds is 3. The number of aromatic nitrogens is 2. The molecule has 1 aromatic rings. The summed E-state index contributed by atoms with van der Waals surface area (Å²) in [4.78, 5) is 7.75. The van der Waals surface area contributed by atoms with Gasteiger partial charge in [-0.15, -0.1) is 0 Å². The molecule has 1 rings (SSSR count). The lowest BCUT2D eigenvalue weighted by molar-refractivity contribution is 0.184. The van der Waals surface area contributed by atoms with Crippen LogP contribution in [-0.2, 0) is 0 Å². The molecule has 0 fully saturated rings. The Bertz CT molecular complexity index is 253. The summed E-state index contributed by atoms with van der Waals surface area (Å²) in [6.45, 7) is 3.15. The number of hydrogen-bond donors (Lipinski definition) is 0. The molecule has 0 aliphatic rings. The predicted octanol–water partition coefficient (Wildman–Crippen LogP) is 1.91. The molecule has 0 unspecified atom stereocenters. The zero-order chi connectivity index (χ0) is 8.97. The van der Waals surface area contributed by atoms with Crippen LogP contribution in [0.2, 0.25) is 0 Å². The lowest BCUT2D eigenvalue weighted by Gasteiger charge is -2.04. The summed E-state index contributed by atoms with van der Waals surface area (Å²) in [7, 11) is 0. The number of nitrogens with zero attached hydrogens (tertiary/aromatic N) is 2. The highest BCUT2D eigenvalue weighted by Gasteiger charge is 2.02. The third-order valence-electron chi connectivity index (χ3n) is 1.46. The first kappa shape index (κ1) is 8.90. The van der Waals surface area contributed by atoms with Gasteiger partial charge in [-0.1, -0.05) is 13.8 Å². The highest BCUT2D eigenvalue weighted by molar-refractivity contribution is 5.15. The van der Waals surface area contributed by atoms with E-state index in [1.807, 2.05) is 13.8 Å². The van der Waals surface area contributed by atoms with Gasteiger partial charge < -0.3 is 4.74 Å². The molecule has 12 heavy (non-hydrogen) atoms. The Kier molecular flexibility index (Phi) is 2.96. The highest BCUT2D eigenvalue weighted by atomic mass is 19.1. The zero-order valence-corrected chi connectivity index (χ0v) is 7.12. The summed E-state index contributed by atoms with van der Waals surface area (Å²) in [5.74, 6) is 0.589. The smallest absolute Gasteiger partial charge is 0.230 e. The third kappa shape index (κ3) is 2.15. The van der Waals surface area contributed by atoms with Crippen LogP contribution in [0.15, 0.2) is 12.4 Å². The van der Waals surface area contributed by atoms with E-state index in [2.05, 4.69) is 14.7 Å². The average Bonchev–Trinajstić information content (AvgIpc) is 2.05. The number of alkyl halides is 1. The molecule has 0 amide bonds. The normalized spacial score (nSPS) is 10.3. The summed E-state index contributed by atoms with van der Waals surface area (Å²) in [5, 5.41) is 0. The van der Waals surface area contributed by atoms with Crippen LogP contribution in [0.5, 0.6) is 5.88 Å². The predicted molar refractivity (Wildman–Crippen MR) is 42.7 cm³/mol. The molecule has 0 atom stereocenters. The molecule has 1 heterocycles. The summed E-state index contributed by atoms with van der Waals surface area (Å²) < 4.78 is 16.3. The molecule has 0 bridgehead atoms. The van der Waals surface area contributed by atoms with Gasteiger partial charge in [0, 0.05) is 6.07 Å². The van der Waals surface area contributed by atoms with E-state index in [1.54, 1.807) is 6.07 Å². The van der Waals surface area contributed by atoms with Crippen molar-refractivity contribution in [3.05, 3.63) is 18.1 Å². The molecule has 0 aliphatic carbocycles. The SMILES string of the molecule is CC(C)c1cc(OCF)ncn1. The van der Waals surface area contributed by atoms with E-state index in [-0.39, 0.29) is 5.88 Å². The van der Waals surface area contributed by atoms with Gasteiger partial charge in [0.05, 0.1) is 5.69 Å². The van der Waals surface area contributed by atoms with Gasteiger partial charge in [-0.3, -0.25) is 0 Å². The first-order valence-electron chi connectivity index (χ1n) is 3.74. The minimum absolute atomic E-state index is 0.288. The molecule has 66 valence electrons. The second kappa shape index (κ2) is 3.99. The molecule has 0 aliphatic heterocycles. The maximum atomic E-state index is 11.7. The number of halogens is 1. The molecular formula is C8H11FN2O. The molecule has 0 saturated heterocycles. The minimum atomic E-state index is -0.853. The van der Waals surface area contributed by atoms with Crippen molar-refractivity contribution in [1.29, 1.82) is 0 Å². The van der Waals surface area contributed by atoms with Crippen molar-refractivity contribution in [2.45, 2.75) is 19.8 Å². The fourth-order valence-electron chi connectivity index (χ4n) is 0.804. The van der Waals surface area contributed by atoms with Crippen LogP contribution >= 0.6 is 0 Å². The molecule has 0 saturated carbocycles. The first-order chi connectivity index (χ1) is 5.74. The van der Waals surface area contributed by atoms with Crippen LogP contribution in [0.3, 0.4) is 0 Å². The van der Waals surface area contributed by atoms with Crippen molar-refractivity contribution >= 4 is 0 Å². The third-order valence-corrected chi connectivity index (χ3v) is 1.46. The monoisotopic (exact) mass is 170 g/mol. The van der Waals surface area contributed by atoms with Crippen molar-refractivity contribution < 1.29 is 9.13 Å². The van der Waals surface area contributed by atoms with Gasteiger partial charge in [0.2, 0.25) is 12.7 Å². The van der Waals surface area contributed by atoms with E-state index in [9.17, 15) is 4.39 Å². The van der Waals surface area contributed by atoms with Gasteiger partial charge in [-0.05, 0) is 5.92 Å². The Morgan fingerprint density at radius 2 is 2.25 bits per heavy atom. The van der Waals surface area contributed by atoms with Crippen molar-refractivity contribution in [3.8, 4) is 5.88 Å². The lowest BCUT2D eigenvalue weighted by Crippen LogP contribution is -1.98. The van der Waals surface area contributed by atoms with Crippen LogP contribution in [0.25, 0.3) is 0 Å². The van der Waals surface area contributed by atoms with Crippen LogP contribution in [0.1, 0.15) is 25.5 Å². The Morgan fingerprint density at radius 1 is 1.50 bits per heavy atom. The van der Waals surface area contributed by atoms with E-state index in [1.165, 1.54) is 6.33 Å². The van der Waals surface area contributed by atoms with Gasteiger partial charge in [0.15, 0.2) is 0 Å². The molecule has 0 radical (unpaired) electrons. The van der Waals surface area contributed by atoms with E-state index < -0.39 is 6.86 Å². The van der Waals surface area contributed by atoms with E-state index in [0.717, 1.165) is 5.69 Å². The summed E-state index contributed by atoms with van der Waals surface area (Å²) in [6.07, 6.45) is 1.38. The zero-order valence-electron chi connectivity index (χ0n) is 7.12. The molecule has 3 nitrogen and oxygen atoms in total. The fraction of sp³-hybridized carbons (Fsp3) is 0.500. The average molecular weight is 170 g/mol. The Hall–Kier alpha value is -1.19. The van der Waals surface area contributed by atoms with Crippen LogP contribution in [0.4, 0.5) is 4.39 Å². The van der Waals surface area contributed by atoms with Crippen LogP contribution < -0.4 is 4.74 Å². The Labute approximate surface area is 70.6 Å². The fourth-order valence-corrected chi connectivity index (χ4v) is 0.804. The topological polar surface area (TPSA) is 35.0 Å². The summed E-state index contributed by atoms with van der Waals surface area (Å²) in [5.41, 5.74) is 0.855. The second-order valence-corrected chi connectivity index (χ2v) is 2.69. The lowest BCUT2D eigenvalue weighted by atomic mass is 10.1. The maximum Gasteiger partial charge on any atom is 0.230 e. The number of ether oxygens (including phenoxy) is 1. The second-order valence-electron chi connectivity index (χ2n) is 2.69. The van der Waals surface area contributed by atoms with Crippen molar-refractivity contribution in [2.24, 2.45) is 0 Å². The van der Waals surface area contributed by atoms with E-state index in [0.29, 0.717) is 5.92 Å². The number of hydrogen-bond acceptors (Lipinski definition) is 3. The summed E-state index contributed by atoms with van der Waals surface area (Å²) in [6, 6.07) is 1.64. The molecular weight excluding hydrogens is 159 g/mol. The molecule has 4 heteroatoms. The molecule has 1 aromatic heterocycles. The summed E-state index contributed by atoms with van der Waals surface area (Å²) >= 11 is 0. The highest BCUT2D eigenvalue weighted by Crippen LogP contribution is 2.14. The first-order valence-corrected chi connectivity index (χ1v) is 3.74. The van der Waals surface area contributed by atoms with Gasteiger partial charge >= 0.3 is 0 Å². The van der Waals surface area contributed by atoms with Crippen LogP contribution in [-0.4, -0.2) is 16.8 Å². The quantitative estimate of drug-likeness (QED) is 0.695.